The molecule has 1 aromatic heterocycles. The van der Waals surface area contributed by atoms with E-state index in [0.29, 0.717) is 12.5 Å². The Morgan fingerprint density at radius 3 is 2.23 bits per heavy atom. The molecule has 2 aromatic rings. The number of aryl methyl sites for hydroxylation is 2. The van der Waals surface area contributed by atoms with Gasteiger partial charge in [-0.3, -0.25) is 0 Å². The minimum atomic E-state index is -0.402. The molecule has 0 N–H and O–H groups in total. The zero-order valence-electron chi connectivity index (χ0n) is 16.6. The van der Waals surface area contributed by atoms with E-state index in [1.54, 1.807) is 0 Å². The van der Waals surface area contributed by atoms with Gasteiger partial charge in [-0.2, -0.15) is 0 Å². The average molecular weight is 353 g/mol. The number of pyridine rings is 1. The molecule has 26 heavy (non-hydrogen) atoms. The largest absolute Gasteiger partial charge is 0.496 e. The molecule has 1 aromatic carbocycles. The Balaban J connectivity index is 1.84. The third kappa shape index (κ3) is 3.65. The van der Waals surface area contributed by atoms with E-state index in [0.717, 1.165) is 28.7 Å². The van der Waals surface area contributed by atoms with Crippen LogP contribution in [0.2, 0.25) is 0 Å². The quantitative estimate of drug-likeness (QED) is 0.766. The molecular formula is C21H28BNO3. The molecule has 1 saturated heterocycles. The summed E-state index contributed by atoms with van der Waals surface area (Å²) in [5.74, 6) is 0.689. The maximum atomic E-state index is 6.20. The molecule has 0 atom stereocenters. The smallest absolute Gasteiger partial charge is 0.473 e. The second-order valence-corrected chi connectivity index (χ2v) is 7.84. The summed E-state index contributed by atoms with van der Waals surface area (Å²) in [7, 11) is -0.402. The van der Waals surface area contributed by atoms with Gasteiger partial charge in [0.05, 0.1) is 11.2 Å². The fourth-order valence-corrected chi connectivity index (χ4v) is 2.96. The van der Waals surface area contributed by atoms with Crippen LogP contribution >= 0.6 is 0 Å². The van der Waals surface area contributed by atoms with Crippen molar-refractivity contribution in [2.45, 2.75) is 65.8 Å². The van der Waals surface area contributed by atoms with Crippen molar-refractivity contribution in [2.75, 3.05) is 0 Å². The minimum Gasteiger partial charge on any atom is -0.473 e. The summed E-state index contributed by atoms with van der Waals surface area (Å²) in [5.41, 5.74) is 3.33. The maximum absolute atomic E-state index is 6.20. The standard InChI is InChI=1S/C21H28BNO3/c1-7-17-13-18(22-25-20(3,4)21(5,6)26-22)15(2)23-19(17)24-14-16-11-9-8-10-12-16/h8-13H,7,14H2,1-6H3. The first-order chi connectivity index (χ1) is 12.2. The van der Waals surface area contributed by atoms with Crippen LogP contribution in [0.15, 0.2) is 36.4 Å². The van der Waals surface area contributed by atoms with E-state index in [-0.39, 0.29) is 11.2 Å². The van der Waals surface area contributed by atoms with Gasteiger partial charge in [-0.25, -0.2) is 4.98 Å². The lowest BCUT2D eigenvalue weighted by Crippen LogP contribution is -2.41. The first-order valence-corrected chi connectivity index (χ1v) is 9.26. The lowest BCUT2D eigenvalue weighted by molar-refractivity contribution is 0.00578. The van der Waals surface area contributed by atoms with Crippen molar-refractivity contribution in [2.24, 2.45) is 0 Å². The van der Waals surface area contributed by atoms with Gasteiger partial charge >= 0.3 is 7.12 Å². The van der Waals surface area contributed by atoms with Crippen LogP contribution in [-0.2, 0) is 22.3 Å². The molecule has 5 heteroatoms. The third-order valence-corrected chi connectivity index (χ3v) is 5.40. The number of ether oxygens (including phenoxy) is 1. The lowest BCUT2D eigenvalue weighted by Gasteiger charge is -2.32. The predicted molar refractivity (Wildman–Crippen MR) is 105 cm³/mol. The van der Waals surface area contributed by atoms with Crippen LogP contribution in [0.1, 0.15) is 51.4 Å². The van der Waals surface area contributed by atoms with Gasteiger partial charge in [0, 0.05) is 16.7 Å². The summed E-state index contributed by atoms with van der Waals surface area (Å²) in [6.07, 6.45) is 0.837. The normalized spacial score (nSPS) is 18.2. The maximum Gasteiger partial charge on any atom is 0.496 e. The number of nitrogens with zero attached hydrogens (tertiary/aromatic N) is 1. The third-order valence-electron chi connectivity index (χ3n) is 5.40. The average Bonchev–Trinajstić information content (AvgIpc) is 2.81. The zero-order valence-corrected chi connectivity index (χ0v) is 16.6. The number of aromatic nitrogens is 1. The minimum absolute atomic E-state index is 0.362. The fraction of sp³-hybridized carbons (Fsp3) is 0.476. The van der Waals surface area contributed by atoms with E-state index < -0.39 is 7.12 Å². The molecule has 2 heterocycles. The zero-order chi connectivity index (χ0) is 18.9. The van der Waals surface area contributed by atoms with Crippen LogP contribution in [0.3, 0.4) is 0 Å². The molecule has 138 valence electrons. The molecule has 3 rings (SSSR count). The molecule has 0 spiro atoms. The number of hydrogen-bond donors (Lipinski definition) is 0. The second-order valence-electron chi connectivity index (χ2n) is 7.84. The summed E-state index contributed by atoms with van der Waals surface area (Å²) < 4.78 is 18.4. The monoisotopic (exact) mass is 353 g/mol. The molecule has 0 radical (unpaired) electrons. The molecule has 0 saturated carbocycles. The number of benzene rings is 1. The van der Waals surface area contributed by atoms with Crippen LogP contribution in [0.4, 0.5) is 0 Å². The van der Waals surface area contributed by atoms with Crippen LogP contribution < -0.4 is 10.2 Å². The van der Waals surface area contributed by atoms with Crippen molar-refractivity contribution >= 4 is 12.6 Å². The Morgan fingerprint density at radius 2 is 1.65 bits per heavy atom. The Bertz CT molecular complexity index is 758. The molecule has 0 aliphatic carbocycles. The highest BCUT2D eigenvalue weighted by molar-refractivity contribution is 6.62. The summed E-state index contributed by atoms with van der Waals surface area (Å²) in [6.45, 7) is 12.9. The molecule has 1 aliphatic heterocycles. The Hall–Kier alpha value is -1.85. The van der Waals surface area contributed by atoms with Gasteiger partial charge < -0.3 is 14.0 Å². The predicted octanol–water partition coefficient (Wildman–Crippen LogP) is 3.83. The van der Waals surface area contributed by atoms with E-state index in [2.05, 4.69) is 52.8 Å². The first-order valence-electron chi connectivity index (χ1n) is 9.26. The van der Waals surface area contributed by atoms with Crippen molar-refractivity contribution in [3.05, 3.63) is 53.2 Å². The Labute approximate surface area is 157 Å². The number of rotatable bonds is 5. The van der Waals surface area contributed by atoms with Gasteiger partial charge in [-0.15, -0.1) is 0 Å². The van der Waals surface area contributed by atoms with Crippen molar-refractivity contribution in [3.63, 3.8) is 0 Å². The number of hydrogen-bond acceptors (Lipinski definition) is 4. The Kier molecular flexibility index (Phi) is 5.13. The van der Waals surface area contributed by atoms with Crippen LogP contribution in [0.25, 0.3) is 0 Å². The summed E-state index contributed by atoms with van der Waals surface area (Å²) in [4.78, 5) is 4.72. The van der Waals surface area contributed by atoms with E-state index in [4.69, 9.17) is 19.0 Å². The second kappa shape index (κ2) is 7.05. The van der Waals surface area contributed by atoms with E-state index in [1.165, 1.54) is 0 Å². The van der Waals surface area contributed by atoms with E-state index >= 15 is 0 Å². The van der Waals surface area contributed by atoms with Crippen molar-refractivity contribution in [1.82, 2.24) is 4.98 Å². The van der Waals surface area contributed by atoms with Gasteiger partial charge in [-0.05, 0) is 46.6 Å². The van der Waals surface area contributed by atoms with Crippen molar-refractivity contribution < 1.29 is 14.0 Å². The molecule has 1 fully saturated rings. The molecule has 0 amide bonds. The SMILES string of the molecule is CCc1cc(B2OC(C)(C)C(C)(C)O2)c(C)nc1OCc1ccccc1. The highest BCUT2D eigenvalue weighted by Crippen LogP contribution is 2.36. The summed E-state index contributed by atoms with van der Waals surface area (Å²) >= 11 is 0. The van der Waals surface area contributed by atoms with Crippen molar-refractivity contribution in [1.29, 1.82) is 0 Å². The fourth-order valence-electron chi connectivity index (χ4n) is 2.96. The summed E-state index contributed by atoms with van der Waals surface area (Å²) in [6, 6.07) is 12.3. The van der Waals surface area contributed by atoms with Gasteiger partial charge in [0.2, 0.25) is 5.88 Å². The first kappa shape index (κ1) is 18.9. The highest BCUT2D eigenvalue weighted by atomic mass is 16.7. The van der Waals surface area contributed by atoms with Crippen LogP contribution in [0, 0.1) is 6.92 Å². The Morgan fingerprint density at radius 1 is 1.04 bits per heavy atom. The molecule has 0 unspecified atom stereocenters. The lowest BCUT2D eigenvalue weighted by atomic mass is 9.77. The van der Waals surface area contributed by atoms with Gasteiger partial charge in [0.1, 0.15) is 6.61 Å². The highest BCUT2D eigenvalue weighted by Gasteiger charge is 2.52. The van der Waals surface area contributed by atoms with E-state index in [1.807, 2.05) is 25.1 Å². The van der Waals surface area contributed by atoms with Gasteiger partial charge in [0.15, 0.2) is 0 Å². The molecular weight excluding hydrogens is 325 g/mol. The molecule has 4 nitrogen and oxygen atoms in total. The van der Waals surface area contributed by atoms with Crippen LogP contribution in [-0.4, -0.2) is 23.3 Å². The van der Waals surface area contributed by atoms with Gasteiger partial charge in [0.25, 0.3) is 0 Å². The van der Waals surface area contributed by atoms with Crippen molar-refractivity contribution in [3.8, 4) is 5.88 Å². The van der Waals surface area contributed by atoms with Gasteiger partial charge in [-0.1, -0.05) is 43.3 Å². The molecule has 1 aliphatic rings. The van der Waals surface area contributed by atoms with E-state index in [9.17, 15) is 0 Å². The molecule has 0 bridgehead atoms. The summed E-state index contributed by atoms with van der Waals surface area (Å²) in [5, 5.41) is 0. The van der Waals surface area contributed by atoms with Crippen LogP contribution in [0.5, 0.6) is 5.88 Å². The topological polar surface area (TPSA) is 40.6 Å².